The van der Waals surface area contributed by atoms with Gasteiger partial charge in [0.2, 0.25) is 5.91 Å². The van der Waals surface area contributed by atoms with E-state index < -0.39 is 6.04 Å². The highest BCUT2D eigenvalue weighted by Gasteiger charge is 2.23. The van der Waals surface area contributed by atoms with E-state index in [1.54, 1.807) is 12.1 Å². The Kier molecular flexibility index (Phi) is 10.4. The second kappa shape index (κ2) is 12.5. The van der Waals surface area contributed by atoms with E-state index in [0.717, 1.165) is 45.6 Å². The van der Waals surface area contributed by atoms with Crippen molar-refractivity contribution in [2.75, 3.05) is 46.3 Å². The second-order valence-electron chi connectivity index (χ2n) is 8.42. The van der Waals surface area contributed by atoms with Crippen LogP contribution in [0.3, 0.4) is 0 Å². The molecule has 0 bridgehead atoms. The fraction of sp³-hybridized carbons (Fsp3) is 0.636. The van der Waals surface area contributed by atoms with Gasteiger partial charge in [0.1, 0.15) is 6.04 Å². The van der Waals surface area contributed by atoms with Crippen LogP contribution in [0, 0.1) is 5.92 Å². The fourth-order valence-corrected chi connectivity index (χ4v) is 3.97. The van der Waals surface area contributed by atoms with Gasteiger partial charge in [-0.15, -0.1) is 0 Å². The van der Waals surface area contributed by atoms with Gasteiger partial charge in [-0.3, -0.25) is 9.59 Å². The summed E-state index contributed by atoms with van der Waals surface area (Å²) in [6.45, 7) is 10.2. The molecule has 1 heterocycles. The third-order valence-electron chi connectivity index (χ3n) is 5.30. The molecule has 30 heavy (non-hydrogen) atoms. The molecular formula is C22H34Cl2N4O2. The van der Waals surface area contributed by atoms with E-state index >= 15 is 0 Å². The average molecular weight is 457 g/mol. The van der Waals surface area contributed by atoms with Gasteiger partial charge in [0.15, 0.2) is 0 Å². The molecule has 168 valence electrons. The van der Waals surface area contributed by atoms with Crippen LogP contribution in [0.2, 0.25) is 10.0 Å². The van der Waals surface area contributed by atoms with Crippen LogP contribution in [-0.2, 0) is 4.79 Å². The lowest BCUT2D eigenvalue weighted by molar-refractivity contribution is -0.123. The summed E-state index contributed by atoms with van der Waals surface area (Å²) in [5, 5.41) is 6.54. The number of carbonyl (C=O) groups excluding carboxylic acids is 2. The minimum atomic E-state index is -0.595. The van der Waals surface area contributed by atoms with E-state index in [0.29, 0.717) is 23.6 Å². The molecule has 1 atom stereocenters. The molecule has 1 unspecified atom stereocenters. The number of nitrogens with one attached hydrogen (secondary N) is 2. The Labute approximate surface area is 190 Å². The van der Waals surface area contributed by atoms with Gasteiger partial charge in [-0.25, -0.2) is 0 Å². The normalized spacial score (nSPS) is 16.5. The minimum Gasteiger partial charge on any atom is -0.354 e. The zero-order chi connectivity index (χ0) is 22.1. The van der Waals surface area contributed by atoms with Crippen LogP contribution in [-0.4, -0.2) is 74.0 Å². The number of likely N-dealkylation sites (N-methyl/N-ethyl adjacent to an activating group) is 1. The molecule has 1 fully saturated rings. The summed E-state index contributed by atoms with van der Waals surface area (Å²) in [5.41, 5.74) is 0.315. The van der Waals surface area contributed by atoms with E-state index in [9.17, 15) is 9.59 Å². The van der Waals surface area contributed by atoms with Crippen LogP contribution in [0.5, 0.6) is 0 Å². The Morgan fingerprint density at radius 3 is 2.43 bits per heavy atom. The van der Waals surface area contributed by atoms with Gasteiger partial charge in [-0.1, -0.05) is 37.0 Å². The van der Waals surface area contributed by atoms with Crippen molar-refractivity contribution >= 4 is 35.0 Å². The first kappa shape index (κ1) is 24.9. The van der Waals surface area contributed by atoms with Crippen molar-refractivity contribution in [3.05, 3.63) is 33.8 Å². The molecule has 1 saturated heterocycles. The first-order valence-corrected chi connectivity index (χ1v) is 11.5. The molecule has 2 amide bonds. The van der Waals surface area contributed by atoms with E-state index in [2.05, 4.69) is 27.5 Å². The Hall–Kier alpha value is -1.34. The van der Waals surface area contributed by atoms with Crippen LogP contribution in [0.4, 0.5) is 0 Å². The quantitative estimate of drug-likeness (QED) is 0.530. The summed E-state index contributed by atoms with van der Waals surface area (Å²) in [6, 6.07) is 4.11. The maximum absolute atomic E-state index is 12.7. The lowest BCUT2D eigenvalue weighted by atomic mass is 10.0. The predicted molar refractivity (Wildman–Crippen MR) is 123 cm³/mol. The van der Waals surface area contributed by atoms with Crippen LogP contribution in [0.25, 0.3) is 0 Å². The largest absolute Gasteiger partial charge is 0.354 e. The van der Waals surface area contributed by atoms with E-state index in [-0.39, 0.29) is 22.8 Å². The van der Waals surface area contributed by atoms with Gasteiger partial charge in [-0.2, -0.15) is 0 Å². The Balaban J connectivity index is 1.79. The number of hydrogen-bond donors (Lipinski definition) is 2. The summed E-state index contributed by atoms with van der Waals surface area (Å²) in [7, 11) is 2.15. The molecule has 2 rings (SSSR count). The van der Waals surface area contributed by atoms with Crippen molar-refractivity contribution in [2.45, 2.75) is 39.2 Å². The molecule has 0 aromatic heterocycles. The molecule has 2 N–H and O–H groups in total. The zero-order valence-electron chi connectivity index (χ0n) is 18.2. The van der Waals surface area contributed by atoms with E-state index in [1.165, 1.54) is 6.07 Å². The third kappa shape index (κ3) is 8.42. The summed E-state index contributed by atoms with van der Waals surface area (Å²) < 4.78 is 0. The number of rotatable bonds is 10. The summed E-state index contributed by atoms with van der Waals surface area (Å²) in [6.07, 6.45) is 2.53. The van der Waals surface area contributed by atoms with Crippen LogP contribution in [0.15, 0.2) is 18.2 Å². The predicted octanol–water partition coefficient (Wildman–Crippen LogP) is 3.28. The van der Waals surface area contributed by atoms with Gasteiger partial charge in [0, 0.05) is 37.7 Å². The zero-order valence-corrected chi connectivity index (χ0v) is 19.7. The average Bonchev–Trinajstić information content (AvgIpc) is 2.68. The summed E-state index contributed by atoms with van der Waals surface area (Å²) in [4.78, 5) is 30.1. The molecule has 1 aromatic rings. The lowest BCUT2D eigenvalue weighted by Crippen LogP contribution is -2.47. The van der Waals surface area contributed by atoms with Gasteiger partial charge >= 0.3 is 0 Å². The third-order valence-corrected chi connectivity index (χ3v) is 5.85. The molecule has 6 nitrogen and oxygen atoms in total. The maximum atomic E-state index is 12.7. The molecule has 0 spiro atoms. The molecule has 0 saturated carbocycles. The smallest absolute Gasteiger partial charge is 0.253 e. The highest BCUT2D eigenvalue weighted by atomic mass is 35.5. The highest BCUT2D eigenvalue weighted by Crippen LogP contribution is 2.21. The number of benzene rings is 1. The van der Waals surface area contributed by atoms with Gasteiger partial charge in [0.05, 0.1) is 10.6 Å². The van der Waals surface area contributed by atoms with Crippen molar-refractivity contribution in [3.63, 3.8) is 0 Å². The molecule has 1 aliphatic heterocycles. The number of hydrogen-bond acceptors (Lipinski definition) is 4. The number of halogens is 2. The number of carbonyl (C=O) groups is 2. The molecule has 8 heteroatoms. The summed E-state index contributed by atoms with van der Waals surface area (Å²) >= 11 is 12.0. The first-order valence-electron chi connectivity index (χ1n) is 10.7. The number of nitrogens with zero attached hydrogens (tertiary/aromatic N) is 2. The molecule has 0 radical (unpaired) electrons. The molecule has 1 aromatic carbocycles. The van der Waals surface area contributed by atoms with Crippen LogP contribution >= 0.6 is 23.2 Å². The molecule has 0 aliphatic carbocycles. The van der Waals surface area contributed by atoms with Crippen LogP contribution in [0.1, 0.15) is 43.5 Å². The van der Waals surface area contributed by atoms with Gasteiger partial charge < -0.3 is 20.4 Å². The van der Waals surface area contributed by atoms with Crippen LogP contribution < -0.4 is 10.6 Å². The SMILES string of the molecule is CC(C)CC(NC(=O)c1ccc(Cl)cc1Cl)C(=O)NCCCCN1CCN(C)CC1. The Bertz CT molecular complexity index is 706. The number of unbranched alkanes of at least 4 members (excludes halogenated alkanes) is 1. The second-order valence-corrected chi connectivity index (χ2v) is 9.27. The number of amides is 2. The van der Waals surface area contributed by atoms with Crippen molar-refractivity contribution in [1.29, 1.82) is 0 Å². The highest BCUT2D eigenvalue weighted by molar-refractivity contribution is 6.36. The standard InChI is InChI=1S/C22H34Cl2N4O2/c1-16(2)14-20(26-21(29)18-7-6-17(23)15-19(18)24)22(30)25-8-4-5-9-28-12-10-27(3)11-13-28/h6-7,15-16,20H,4-5,8-14H2,1-3H3,(H,25,30)(H,26,29). The van der Waals surface area contributed by atoms with Crippen molar-refractivity contribution < 1.29 is 9.59 Å². The van der Waals surface area contributed by atoms with Crippen molar-refractivity contribution in [1.82, 2.24) is 20.4 Å². The van der Waals surface area contributed by atoms with Crippen molar-refractivity contribution in [3.8, 4) is 0 Å². The fourth-order valence-electron chi connectivity index (χ4n) is 3.48. The number of piperazine rings is 1. The minimum absolute atomic E-state index is 0.151. The first-order chi connectivity index (χ1) is 14.3. The lowest BCUT2D eigenvalue weighted by Gasteiger charge is -2.32. The topological polar surface area (TPSA) is 64.7 Å². The maximum Gasteiger partial charge on any atom is 0.253 e. The van der Waals surface area contributed by atoms with E-state index in [1.807, 2.05) is 13.8 Å². The van der Waals surface area contributed by atoms with Gasteiger partial charge in [0.25, 0.3) is 5.91 Å². The van der Waals surface area contributed by atoms with E-state index in [4.69, 9.17) is 23.2 Å². The Morgan fingerprint density at radius 2 is 1.80 bits per heavy atom. The van der Waals surface area contributed by atoms with Gasteiger partial charge in [-0.05, 0) is 57.0 Å². The molecular weight excluding hydrogens is 423 g/mol. The monoisotopic (exact) mass is 456 g/mol. The Morgan fingerprint density at radius 1 is 1.10 bits per heavy atom. The summed E-state index contributed by atoms with van der Waals surface area (Å²) in [5.74, 6) is -0.256. The molecule has 1 aliphatic rings. The van der Waals surface area contributed by atoms with Crippen molar-refractivity contribution in [2.24, 2.45) is 5.92 Å².